The van der Waals surface area contributed by atoms with Crippen LogP contribution < -0.4 is 9.84 Å². The molecule has 16 heavy (non-hydrogen) atoms. The summed E-state index contributed by atoms with van der Waals surface area (Å²) in [5.41, 5.74) is 0.0838. The minimum Gasteiger partial charge on any atom is -0.545 e. The smallest absolute Gasteiger partial charge is 0.128 e. The van der Waals surface area contributed by atoms with E-state index < -0.39 is 5.97 Å². The van der Waals surface area contributed by atoms with E-state index in [0.717, 1.165) is 19.4 Å². The van der Waals surface area contributed by atoms with Gasteiger partial charge in [-0.2, -0.15) is 0 Å². The minimum atomic E-state index is -1.22. The predicted molar refractivity (Wildman–Crippen MR) is 55.2 cm³/mol. The van der Waals surface area contributed by atoms with Crippen molar-refractivity contribution in [2.45, 2.75) is 18.9 Å². The highest BCUT2D eigenvalue weighted by Gasteiger charge is 2.16. The Balaban J connectivity index is 2.00. The van der Waals surface area contributed by atoms with Crippen LogP contribution in [0.1, 0.15) is 23.2 Å². The Hall–Kier alpha value is -1.55. The fourth-order valence-electron chi connectivity index (χ4n) is 1.72. The third-order valence-electron chi connectivity index (χ3n) is 2.56. The third kappa shape index (κ3) is 2.52. The van der Waals surface area contributed by atoms with Crippen LogP contribution in [0, 0.1) is 0 Å². The van der Waals surface area contributed by atoms with Crippen molar-refractivity contribution in [3.8, 4) is 5.75 Å². The lowest BCUT2D eigenvalue weighted by Gasteiger charge is -2.14. The summed E-state index contributed by atoms with van der Waals surface area (Å²) in [4.78, 5) is 10.8. The van der Waals surface area contributed by atoms with Crippen LogP contribution in [0.3, 0.4) is 0 Å². The topological polar surface area (TPSA) is 58.6 Å². The number of benzene rings is 1. The van der Waals surface area contributed by atoms with Gasteiger partial charge in [0.25, 0.3) is 0 Å². The number of para-hydroxylation sites is 1. The molecule has 1 aliphatic heterocycles. The normalized spacial score (nSPS) is 19.6. The van der Waals surface area contributed by atoms with Crippen molar-refractivity contribution in [3.63, 3.8) is 0 Å². The Bertz CT molecular complexity index is 369. The van der Waals surface area contributed by atoms with E-state index in [1.165, 1.54) is 6.07 Å². The van der Waals surface area contributed by atoms with Gasteiger partial charge in [0.05, 0.1) is 12.1 Å². The first-order chi connectivity index (χ1) is 7.77. The molecule has 2 rings (SSSR count). The fraction of sp³-hybridized carbons (Fsp3) is 0.417. The Morgan fingerprint density at radius 2 is 2.31 bits per heavy atom. The SMILES string of the molecule is O=C([O-])c1ccccc1OC[C@H]1CCCO1. The van der Waals surface area contributed by atoms with Crippen LogP contribution in [0.25, 0.3) is 0 Å². The maximum absolute atomic E-state index is 10.8. The molecule has 4 heteroatoms. The van der Waals surface area contributed by atoms with Gasteiger partial charge in [0.15, 0.2) is 0 Å². The van der Waals surface area contributed by atoms with Crippen molar-refractivity contribution in [1.29, 1.82) is 0 Å². The second kappa shape index (κ2) is 4.99. The number of rotatable bonds is 4. The van der Waals surface area contributed by atoms with E-state index in [1.54, 1.807) is 18.2 Å². The highest BCUT2D eigenvalue weighted by molar-refractivity contribution is 5.89. The van der Waals surface area contributed by atoms with Gasteiger partial charge < -0.3 is 19.4 Å². The molecule has 0 aliphatic carbocycles. The van der Waals surface area contributed by atoms with E-state index >= 15 is 0 Å². The molecule has 0 saturated carbocycles. The van der Waals surface area contributed by atoms with Gasteiger partial charge in [-0.05, 0) is 25.0 Å². The Labute approximate surface area is 93.8 Å². The molecule has 1 aromatic rings. The maximum Gasteiger partial charge on any atom is 0.128 e. The average molecular weight is 221 g/mol. The van der Waals surface area contributed by atoms with Gasteiger partial charge in [-0.1, -0.05) is 12.1 Å². The molecule has 0 aromatic heterocycles. The average Bonchev–Trinajstić information content (AvgIpc) is 2.79. The Morgan fingerprint density at radius 3 is 3.00 bits per heavy atom. The minimum absolute atomic E-state index is 0.0785. The lowest BCUT2D eigenvalue weighted by atomic mass is 10.2. The van der Waals surface area contributed by atoms with Crippen molar-refractivity contribution in [2.24, 2.45) is 0 Å². The first-order valence-electron chi connectivity index (χ1n) is 5.32. The Morgan fingerprint density at radius 1 is 1.50 bits per heavy atom. The van der Waals surface area contributed by atoms with Crippen LogP contribution >= 0.6 is 0 Å². The highest BCUT2D eigenvalue weighted by Crippen LogP contribution is 2.19. The second-order valence-corrected chi connectivity index (χ2v) is 3.73. The summed E-state index contributed by atoms with van der Waals surface area (Å²) in [5, 5.41) is 10.8. The zero-order valence-electron chi connectivity index (χ0n) is 8.85. The monoisotopic (exact) mass is 221 g/mol. The van der Waals surface area contributed by atoms with Crippen LogP contribution in [0.5, 0.6) is 5.75 Å². The molecule has 0 amide bonds. The number of carbonyl (C=O) groups excluding carboxylic acids is 1. The number of aromatic carboxylic acids is 1. The summed E-state index contributed by atoms with van der Waals surface area (Å²) in [6.07, 6.45) is 2.08. The van der Waals surface area contributed by atoms with Gasteiger partial charge in [-0.25, -0.2) is 0 Å². The predicted octanol–water partition coefficient (Wildman–Crippen LogP) is 0.608. The summed E-state index contributed by atoms with van der Waals surface area (Å²) < 4.78 is 10.8. The number of carboxylic acids is 1. The molecular formula is C12H13O4-. The molecule has 1 aliphatic rings. The van der Waals surface area contributed by atoms with Gasteiger partial charge in [-0.3, -0.25) is 0 Å². The fourth-order valence-corrected chi connectivity index (χ4v) is 1.72. The van der Waals surface area contributed by atoms with Crippen LogP contribution in [0.4, 0.5) is 0 Å². The Kier molecular flexibility index (Phi) is 3.41. The molecule has 1 aromatic carbocycles. The van der Waals surface area contributed by atoms with Crippen LogP contribution in [0.2, 0.25) is 0 Å². The summed E-state index contributed by atoms with van der Waals surface area (Å²) >= 11 is 0. The van der Waals surface area contributed by atoms with E-state index in [9.17, 15) is 9.90 Å². The van der Waals surface area contributed by atoms with Crippen molar-refractivity contribution in [1.82, 2.24) is 0 Å². The van der Waals surface area contributed by atoms with Crippen molar-refractivity contribution < 1.29 is 19.4 Å². The molecule has 1 saturated heterocycles. The first kappa shape index (κ1) is 11.0. The largest absolute Gasteiger partial charge is 0.545 e. The van der Waals surface area contributed by atoms with Gasteiger partial charge in [-0.15, -0.1) is 0 Å². The summed E-state index contributed by atoms with van der Waals surface area (Å²) in [5.74, 6) is -0.874. The van der Waals surface area contributed by atoms with Crippen LogP contribution in [0.15, 0.2) is 24.3 Å². The molecule has 0 radical (unpaired) electrons. The quantitative estimate of drug-likeness (QED) is 0.747. The molecule has 1 fully saturated rings. The van der Waals surface area contributed by atoms with E-state index in [2.05, 4.69) is 0 Å². The lowest BCUT2D eigenvalue weighted by molar-refractivity contribution is -0.255. The number of carboxylic acid groups (broad SMARTS) is 1. The van der Waals surface area contributed by atoms with Crippen LogP contribution in [-0.4, -0.2) is 25.3 Å². The van der Waals surface area contributed by atoms with E-state index in [-0.39, 0.29) is 11.7 Å². The van der Waals surface area contributed by atoms with Gasteiger partial charge >= 0.3 is 0 Å². The van der Waals surface area contributed by atoms with Crippen molar-refractivity contribution in [2.75, 3.05) is 13.2 Å². The maximum atomic E-state index is 10.8. The molecular weight excluding hydrogens is 208 g/mol. The second-order valence-electron chi connectivity index (χ2n) is 3.73. The van der Waals surface area contributed by atoms with Gasteiger partial charge in [0.2, 0.25) is 0 Å². The molecule has 4 nitrogen and oxygen atoms in total. The first-order valence-corrected chi connectivity index (χ1v) is 5.32. The van der Waals surface area contributed by atoms with Gasteiger partial charge in [0.1, 0.15) is 12.4 Å². The third-order valence-corrected chi connectivity index (χ3v) is 2.56. The van der Waals surface area contributed by atoms with E-state index in [4.69, 9.17) is 9.47 Å². The van der Waals surface area contributed by atoms with Crippen molar-refractivity contribution >= 4 is 5.97 Å². The molecule has 0 spiro atoms. The van der Waals surface area contributed by atoms with E-state index in [1.807, 2.05) is 0 Å². The zero-order chi connectivity index (χ0) is 11.4. The number of hydrogen-bond acceptors (Lipinski definition) is 4. The van der Waals surface area contributed by atoms with Gasteiger partial charge in [0, 0.05) is 12.2 Å². The zero-order valence-corrected chi connectivity index (χ0v) is 8.85. The number of hydrogen-bond donors (Lipinski definition) is 0. The number of carbonyl (C=O) groups is 1. The molecule has 0 unspecified atom stereocenters. The van der Waals surface area contributed by atoms with Crippen LogP contribution in [-0.2, 0) is 4.74 Å². The highest BCUT2D eigenvalue weighted by atomic mass is 16.5. The summed E-state index contributed by atoms with van der Waals surface area (Å²) in [7, 11) is 0. The molecule has 0 N–H and O–H groups in total. The van der Waals surface area contributed by atoms with E-state index in [0.29, 0.717) is 12.4 Å². The molecule has 0 bridgehead atoms. The van der Waals surface area contributed by atoms with Crippen molar-refractivity contribution in [3.05, 3.63) is 29.8 Å². The lowest BCUT2D eigenvalue weighted by Crippen LogP contribution is -2.24. The summed E-state index contributed by atoms with van der Waals surface area (Å²) in [6.45, 7) is 1.15. The molecule has 1 atom stereocenters. The molecule has 1 heterocycles. The number of ether oxygens (including phenoxy) is 2. The summed E-state index contributed by atoms with van der Waals surface area (Å²) in [6, 6.07) is 6.47. The molecule has 86 valence electrons. The standard InChI is InChI=1S/C12H14O4/c13-12(14)10-5-1-2-6-11(10)16-8-9-4-3-7-15-9/h1-2,5-6,9H,3-4,7-8H2,(H,13,14)/p-1/t9-/m1/s1.